The summed E-state index contributed by atoms with van der Waals surface area (Å²) >= 11 is 3.44. The van der Waals surface area contributed by atoms with Crippen molar-refractivity contribution in [2.45, 2.75) is 30.5 Å². The number of benzene rings is 3. The van der Waals surface area contributed by atoms with Crippen LogP contribution < -0.4 is 10.1 Å². The smallest absolute Gasteiger partial charge is 0.253 e. The van der Waals surface area contributed by atoms with Crippen molar-refractivity contribution in [3.8, 4) is 5.75 Å². The molecule has 0 fully saturated rings. The van der Waals surface area contributed by atoms with E-state index >= 15 is 0 Å². The topological polar surface area (TPSA) is 169 Å². The molecule has 0 unspecified atom stereocenters. The predicted molar refractivity (Wildman–Crippen MR) is 156 cm³/mol. The zero-order valence-electron chi connectivity index (χ0n) is 22.1. The van der Waals surface area contributed by atoms with Gasteiger partial charge in [0.05, 0.1) is 25.9 Å². The monoisotopic (exact) mass is 623 g/mol. The van der Waals surface area contributed by atoms with E-state index < -0.39 is 36.8 Å². The number of carbonyl (C=O) groups excluding carboxylic acids is 1. The maximum absolute atomic E-state index is 14.1. The molecule has 214 valence electrons. The molecule has 0 saturated carbocycles. The van der Waals surface area contributed by atoms with Crippen molar-refractivity contribution in [2.24, 2.45) is 10.1 Å². The molecule has 3 aromatic rings. The van der Waals surface area contributed by atoms with Crippen molar-refractivity contribution in [2.75, 3.05) is 26.4 Å². The first-order chi connectivity index (χ1) is 19.9. The Morgan fingerprint density at radius 1 is 1.10 bits per heavy atom. The molecule has 1 aliphatic rings. The van der Waals surface area contributed by atoms with Crippen molar-refractivity contribution in [3.63, 3.8) is 0 Å². The van der Waals surface area contributed by atoms with Gasteiger partial charge in [-0.1, -0.05) is 57.4 Å². The standard InChI is InChI=1S/C29H30BrN5O6/c30-22-10-6-19(7-11-22)26-29(28(39)32-23(17-37)18-38,16-21-4-1-2-5-25(21)34-35-31)33-27(41-26)20-8-12-24(13-9-20)40-15-3-14-36/h1-2,4-13,23,26,36-38H,3,14-18H2,(H,32,39)/t26-,29-/m1/s1. The van der Waals surface area contributed by atoms with Crippen LogP contribution in [0, 0.1) is 0 Å². The van der Waals surface area contributed by atoms with Crippen molar-refractivity contribution in [1.29, 1.82) is 0 Å². The quantitative estimate of drug-likeness (QED) is 0.0965. The maximum Gasteiger partial charge on any atom is 0.253 e. The highest BCUT2D eigenvalue weighted by atomic mass is 79.9. The van der Waals surface area contributed by atoms with Gasteiger partial charge in [-0.25, -0.2) is 4.99 Å². The SMILES string of the molecule is [N-]=[N+]=Nc1ccccc1C[C@@]1(C(=O)NC(CO)CO)N=C(c2ccc(OCCCO)cc2)O[C@@H]1c1ccc(Br)cc1. The third kappa shape index (κ3) is 7.05. The molecule has 1 amide bonds. The van der Waals surface area contributed by atoms with E-state index in [-0.39, 0.29) is 18.9 Å². The van der Waals surface area contributed by atoms with Crippen LogP contribution in [0.2, 0.25) is 0 Å². The van der Waals surface area contributed by atoms with E-state index in [0.717, 1.165) is 4.47 Å². The Hall–Kier alpha value is -3.93. The molecule has 4 rings (SSSR count). The Morgan fingerprint density at radius 2 is 1.80 bits per heavy atom. The zero-order valence-corrected chi connectivity index (χ0v) is 23.6. The lowest BCUT2D eigenvalue weighted by Gasteiger charge is -2.32. The van der Waals surface area contributed by atoms with Crippen molar-refractivity contribution in [3.05, 3.63) is 104 Å². The molecule has 4 N–H and O–H groups in total. The number of aliphatic hydroxyl groups is 3. The van der Waals surface area contributed by atoms with Crippen LogP contribution in [0.5, 0.6) is 5.75 Å². The van der Waals surface area contributed by atoms with E-state index in [0.29, 0.717) is 41.2 Å². The molecule has 41 heavy (non-hydrogen) atoms. The molecule has 0 radical (unpaired) electrons. The van der Waals surface area contributed by atoms with E-state index in [1.54, 1.807) is 48.5 Å². The van der Waals surface area contributed by atoms with Gasteiger partial charge >= 0.3 is 0 Å². The summed E-state index contributed by atoms with van der Waals surface area (Å²) in [6.07, 6.45) is -0.419. The van der Waals surface area contributed by atoms with Crippen LogP contribution in [-0.4, -0.2) is 65.1 Å². The molecule has 12 heteroatoms. The van der Waals surface area contributed by atoms with Crippen LogP contribution in [-0.2, 0) is 16.0 Å². The number of ether oxygens (including phenoxy) is 2. The summed E-state index contributed by atoms with van der Waals surface area (Å²) in [5.41, 5.74) is 9.70. The fourth-order valence-corrected chi connectivity index (χ4v) is 4.74. The van der Waals surface area contributed by atoms with Gasteiger partial charge in [-0.2, -0.15) is 0 Å². The molecular formula is C29H30BrN5O6. The van der Waals surface area contributed by atoms with Crippen molar-refractivity contribution < 1.29 is 29.6 Å². The molecule has 11 nitrogen and oxygen atoms in total. The molecule has 0 spiro atoms. The summed E-state index contributed by atoms with van der Waals surface area (Å²) < 4.78 is 12.9. The minimum absolute atomic E-state index is 0.00973. The van der Waals surface area contributed by atoms with Gasteiger partial charge in [0.2, 0.25) is 5.90 Å². The number of carbonyl (C=O) groups is 1. The summed E-state index contributed by atoms with van der Waals surface area (Å²) in [6, 6.07) is 20.3. The lowest BCUT2D eigenvalue weighted by atomic mass is 9.81. The molecule has 1 aliphatic heterocycles. The van der Waals surface area contributed by atoms with E-state index in [1.165, 1.54) is 0 Å². The summed E-state index contributed by atoms with van der Waals surface area (Å²) in [6.45, 7) is -0.568. The third-order valence-corrected chi connectivity index (χ3v) is 7.11. The highest BCUT2D eigenvalue weighted by Crippen LogP contribution is 2.44. The third-order valence-electron chi connectivity index (χ3n) is 6.58. The van der Waals surface area contributed by atoms with Gasteiger partial charge in [-0.15, -0.1) is 0 Å². The predicted octanol–water partition coefficient (Wildman–Crippen LogP) is 4.12. The van der Waals surface area contributed by atoms with E-state index in [4.69, 9.17) is 25.1 Å². The largest absolute Gasteiger partial charge is 0.494 e. The normalized spacial score (nSPS) is 17.9. The number of hydrogen-bond acceptors (Lipinski definition) is 8. The van der Waals surface area contributed by atoms with Crippen molar-refractivity contribution in [1.82, 2.24) is 5.32 Å². The fourth-order valence-electron chi connectivity index (χ4n) is 4.48. The summed E-state index contributed by atoms with van der Waals surface area (Å²) in [7, 11) is 0. The Labute approximate surface area is 245 Å². The number of aliphatic imine (C=N–C) groups is 1. The van der Waals surface area contributed by atoms with Crippen LogP contribution in [0.3, 0.4) is 0 Å². The fraction of sp³-hybridized carbons (Fsp3) is 0.310. The van der Waals surface area contributed by atoms with Gasteiger partial charge in [0.15, 0.2) is 11.6 Å². The number of azide groups is 1. The number of nitrogens with zero attached hydrogens (tertiary/aromatic N) is 4. The van der Waals surface area contributed by atoms with Crippen LogP contribution in [0.4, 0.5) is 5.69 Å². The summed E-state index contributed by atoms with van der Waals surface area (Å²) in [4.78, 5) is 21.9. The molecule has 2 atom stereocenters. The van der Waals surface area contributed by atoms with E-state index in [2.05, 4.69) is 31.3 Å². The van der Waals surface area contributed by atoms with Crippen LogP contribution in [0.25, 0.3) is 10.4 Å². The molecule has 0 aliphatic carbocycles. The number of rotatable bonds is 13. The molecule has 1 heterocycles. The van der Waals surface area contributed by atoms with E-state index in [1.807, 2.05) is 24.3 Å². The number of aliphatic hydroxyl groups excluding tert-OH is 3. The maximum atomic E-state index is 14.1. The van der Waals surface area contributed by atoms with Gasteiger partial charge < -0.3 is 30.1 Å². The second kappa shape index (κ2) is 14.1. The molecule has 0 aromatic heterocycles. The Kier molecular flexibility index (Phi) is 10.3. The zero-order chi connectivity index (χ0) is 29.2. The van der Waals surface area contributed by atoms with Gasteiger partial charge in [0.25, 0.3) is 5.91 Å². The highest BCUT2D eigenvalue weighted by molar-refractivity contribution is 9.10. The lowest BCUT2D eigenvalue weighted by molar-refractivity contribution is -0.130. The Bertz CT molecular complexity index is 1410. The number of nitrogens with one attached hydrogen (secondary N) is 1. The van der Waals surface area contributed by atoms with Gasteiger partial charge in [0.1, 0.15) is 5.75 Å². The first-order valence-corrected chi connectivity index (χ1v) is 13.7. The molecule has 3 aromatic carbocycles. The number of hydrogen-bond donors (Lipinski definition) is 4. The van der Waals surface area contributed by atoms with Crippen LogP contribution >= 0.6 is 15.9 Å². The van der Waals surface area contributed by atoms with Gasteiger partial charge in [-0.05, 0) is 53.1 Å². The first-order valence-electron chi connectivity index (χ1n) is 13.0. The molecule has 0 bridgehead atoms. The highest BCUT2D eigenvalue weighted by Gasteiger charge is 2.53. The van der Waals surface area contributed by atoms with Crippen LogP contribution in [0.1, 0.15) is 29.2 Å². The Morgan fingerprint density at radius 3 is 2.46 bits per heavy atom. The Balaban J connectivity index is 1.84. The summed E-state index contributed by atoms with van der Waals surface area (Å²) in [5.74, 6) is 0.236. The van der Waals surface area contributed by atoms with Gasteiger partial charge in [0, 0.05) is 40.1 Å². The van der Waals surface area contributed by atoms with Crippen molar-refractivity contribution >= 4 is 33.4 Å². The molecule has 0 saturated heterocycles. The summed E-state index contributed by atoms with van der Waals surface area (Å²) in [5, 5.41) is 35.0. The van der Waals surface area contributed by atoms with E-state index in [9.17, 15) is 15.0 Å². The average Bonchev–Trinajstić information content (AvgIpc) is 3.38. The average molecular weight is 624 g/mol. The van der Waals surface area contributed by atoms with Crippen LogP contribution in [0.15, 0.2) is 87.4 Å². The second-order valence-corrected chi connectivity index (χ2v) is 10.3. The minimum Gasteiger partial charge on any atom is -0.494 e. The first kappa shape index (κ1) is 30.0. The van der Waals surface area contributed by atoms with Gasteiger partial charge in [-0.3, -0.25) is 4.79 Å². The number of amides is 1. The second-order valence-electron chi connectivity index (χ2n) is 9.37. The molecular weight excluding hydrogens is 594 g/mol. The lowest BCUT2D eigenvalue weighted by Crippen LogP contribution is -2.54. The minimum atomic E-state index is -1.61. The number of halogens is 1.